The number of hydrogen-bond donors (Lipinski definition) is 3. The van der Waals surface area contributed by atoms with Gasteiger partial charge in [-0.2, -0.15) is 0 Å². The lowest BCUT2D eigenvalue weighted by atomic mass is 10.2. The number of fused-ring (bicyclic) bond motifs is 1. The average Bonchev–Trinajstić information content (AvgIpc) is 3.03. The summed E-state index contributed by atoms with van der Waals surface area (Å²) in [5.41, 5.74) is 2.56. The molecule has 0 saturated carbocycles. The Morgan fingerprint density at radius 3 is 2.88 bits per heavy atom. The number of amides is 2. The monoisotopic (exact) mass is 358 g/mol. The molecule has 0 bridgehead atoms. The maximum absolute atomic E-state index is 12.0. The molecule has 0 radical (unpaired) electrons. The van der Waals surface area contributed by atoms with Crippen molar-refractivity contribution >= 4 is 40.1 Å². The topological polar surface area (TPSA) is 96.1 Å². The molecule has 7 nitrogen and oxygen atoms in total. The number of halogens is 1. The highest BCUT2D eigenvalue weighted by Crippen LogP contribution is 2.24. The second kappa shape index (κ2) is 7.23. The number of anilines is 1. The number of methoxy groups -OCH3 is 1. The number of rotatable bonds is 4. The standard InChI is InChI=1S/C17H15ClN4O3/c1-25-14-5-4-10(7-11(14)18)8-21-16(23)17(24)22-13-9-20-12-3-2-6-19-15(12)13/h2-7,9,20H,8H2,1H3,(H,21,23)(H,22,24). The Morgan fingerprint density at radius 1 is 1.28 bits per heavy atom. The second-order valence-electron chi connectivity index (χ2n) is 5.21. The van der Waals surface area contributed by atoms with Crippen LogP contribution in [-0.4, -0.2) is 28.9 Å². The van der Waals surface area contributed by atoms with Crippen molar-refractivity contribution in [3.05, 3.63) is 53.3 Å². The highest BCUT2D eigenvalue weighted by Gasteiger charge is 2.16. The Kier molecular flexibility index (Phi) is 4.85. The van der Waals surface area contributed by atoms with Gasteiger partial charge >= 0.3 is 11.8 Å². The third kappa shape index (κ3) is 3.72. The van der Waals surface area contributed by atoms with E-state index in [-0.39, 0.29) is 6.54 Å². The summed E-state index contributed by atoms with van der Waals surface area (Å²) in [4.78, 5) is 31.1. The van der Waals surface area contributed by atoms with Crippen LogP contribution in [0.15, 0.2) is 42.7 Å². The Morgan fingerprint density at radius 2 is 2.12 bits per heavy atom. The number of aromatic amines is 1. The molecule has 0 aliphatic heterocycles. The van der Waals surface area contributed by atoms with E-state index in [0.717, 1.165) is 11.1 Å². The quantitative estimate of drug-likeness (QED) is 0.624. The van der Waals surface area contributed by atoms with Gasteiger partial charge in [-0.05, 0) is 29.8 Å². The van der Waals surface area contributed by atoms with Crippen LogP contribution in [0.2, 0.25) is 5.02 Å². The summed E-state index contributed by atoms with van der Waals surface area (Å²) in [6.45, 7) is 0.169. The zero-order valence-electron chi connectivity index (χ0n) is 13.3. The molecular weight excluding hydrogens is 344 g/mol. The third-order valence-corrected chi connectivity index (χ3v) is 3.85. The van der Waals surface area contributed by atoms with E-state index in [0.29, 0.717) is 22.0 Å². The van der Waals surface area contributed by atoms with E-state index in [1.54, 1.807) is 36.7 Å². The van der Waals surface area contributed by atoms with Gasteiger partial charge in [0.2, 0.25) is 0 Å². The zero-order valence-corrected chi connectivity index (χ0v) is 14.1. The molecule has 2 heterocycles. The molecule has 3 N–H and O–H groups in total. The molecule has 1 aromatic carbocycles. The van der Waals surface area contributed by atoms with Crippen LogP contribution in [0.25, 0.3) is 11.0 Å². The number of nitrogens with zero attached hydrogens (tertiary/aromatic N) is 1. The first-order valence-electron chi connectivity index (χ1n) is 7.42. The van der Waals surface area contributed by atoms with E-state index < -0.39 is 11.8 Å². The van der Waals surface area contributed by atoms with Crippen LogP contribution in [-0.2, 0) is 16.1 Å². The second-order valence-corrected chi connectivity index (χ2v) is 5.61. The van der Waals surface area contributed by atoms with Gasteiger partial charge in [0.05, 0.1) is 23.3 Å². The molecule has 3 rings (SSSR count). The molecule has 25 heavy (non-hydrogen) atoms. The van der Waals surface area contributed by atoms with Crippen molar-refractivity contribution in [3.63, 3.8) is 0 Å². The predicted molar refractivity (Wildman–Crippen MR) is 94.6 cm³/mol. The molecule has 0 aliphatic rings. The van der Waals surface area contributed by atoms with E-state index in [2.05, 4.69) is 20.6 Å². The highest BCUT2D eigenvalue weighted by atomic mass is 35.5. The summed E-state index contributed by atoms with van der Waals surface area (Å²) >= 11 is 6.03. The first kappa shape index (κ1) is 16.8. The minimum atomic E-state index is -0.772. The number of aromatic nitrogens is 2. The molecule has 0 unspecified atom stereocenters. The van der Waals surface area contributed by atoms with Crippen molar-refractivity contribution < 1.29 is 14.3 Å². The number of carbonyl (C=O) groups is 2. The number of benzene rings is 1. The summed E-state index contributed by atoms with van der Waals surface area (Å²) < 4.78 is 5.07. The van der Waals surface area contributed by atoms with E-state index in [9.17, 15) is 9.59 Å². The zero-order chi connectivity index (χ0) is 17.8. The number of pyridine rings is 1. The predicted octanol–water partition coefficient (Wildman–Crippen LogP) is 2.48. The molecule has 0 aliphatic carbocycles. The summed E-state index contributed by atoms with van der Waals surface area (Å²) in [6, 6.07) is 8.72. The SMILES string of the molecule is COc1ccc(CNC(=O)C(=O)Nc2c[nH]c3cccnc23)cc1Cl. The number of H-pyrrole nitrogens is 1. The van der Waals surface area contributed by atoms with E-state index in [1.807, 2.05) is 6.07 Å². The summed E-state index contributed by atoms with van der Waals surface area (Å²) in [5.74, 6) is -0.982. The molecule has 128 valence electrons. The Hall–Kier alpha value is -3.06. The maximum atomic E-state index is 12.0. The maximum Gasteiger partial charge on any atom is 0.313 e. The lowest BCUT2D eigenvalue weighted by Crippen LogP contribution is -2.34. The van der Waals surface area contributed by atoms with Gasteiger partial charge in [0, 0.05) is 18.9 Å². The molecule has 8 heteroatoms. The fraction of sp³-hybridized carbons (Fsp3) is 0.118. The van der Waals surface area contributed by atoms with Crippen LogP contribution in [0.5, 0.6) is 5.75 Å². The van der Waals surface area contributed by atoms with E-state index >= 15 is 0 Å². The van der Waals surface area contributed by atoms with Crippen LogP contribution in [0.4, 0.5) is 5.69 Å². The van der Waals surface area contributed by atoms with Crippen molar-refractivity contribution in [2.75, 3.05) is 12.4 Å². The highest BCUT2D eigenvalue weighted by molar-refractivity contribution is 6.40. The first-order valence-corrected chi connectivity index (χ1v) is 7.80. The Labute approximate surface area is 148 Å². The number of nitrogens with one attached hydrogen (secondary N) is 3. The molecule has 0 fully saturated rings. The number of carbonyl (C=O) groups excluding carboxylic acids is 2. The fourth-order valence-corrected chi connectivity index (χ4v) is 2.59. The van der Waals surface area contributed by atoms with Gasteiger partial charge in [-0.1, -0.05) is 17.7 Å². The number of hydrogen-bond acceptors (Lipinski definition) is 4. The van der Waals surface area contributed by atoms with Gasteiger partial charge in [0.1, 0.15) is 11.3 Å². The normalized spacial score (nSPS) is 10.5. The third-order valence-electron chi connectivity index (χ3n) is 3.56. The van der Waals surface area contributed by atoms with E-state index in [4.69, 9.17) is 16.3 Å². The van der Waals surface area contributed by atoms with Gasteiger partial charge < -0.3 is 20.4 Å². The largest absolute Gasteiger partial charge is 0.495 e. The van der Waals surface area contributed by atoms with Gasteiger partial charge in [-0.15, -0.1) is 0 Å². The molecule has 0 spiro atoms. The molecular formula is C17H15ClN4O3. The summed E-state index contributed by atoms with van der Waals surface area (Å²) in [5, 5.41) is 5.52. The van der Waals surface area contributed by atoms with Crippen molar-refractivity contribution in [2.45, 2.75) is 6.54 Å². The van der Waals surface area contributed by atoms with Crippen molar-refractivity contribution in [2.24, 2.45) is 0 Å². The van der Waals surface area contributed by atoms with Crippen molar-refractivity contribution in [3.8, 4) is 5.75 Å². The van der Waals surface area contributed by atoms with Gasteiger partial charge in [-0.3, -0.25) is 14.6 Å². The summed E-state index contributed by atoms with van der Waals surface area (Å²) in [6.07, 6.45) is 3.20. The smallest absolute Gasteiger partial charge is 0.313 e. The van der Waals surface area contributed by atoms with Gasteiger partial charge in [0.15, 0.2) is 0 Å². The number of ether oxygens (including phenoxy) is 1. The van der Waals surface area contributed by atoms with Crippen LogP contribution in [0, 0.1) is 0 Å². The van der Waals surface area contributed by atoms with Crippen LogP contribution >= 0.6 is 11.6 Å². The van der Waals surface area contributed by atoms with Crippen LogP contribution < -0.4 is 15.4 Å². The van der Waals surface area contributed by atoms with Crippen LogP contribution in [0.1, 0.15) is 5.56 Å². The molecule has 2 aromatic heterocycles. The van der Waals surface area contributed by atoms with Gasteiger partial charge in [0.25, 0.3) is 0 Å². The minimum Gasteiger partial charge on any atom is -0.495 e. The minimum absolute atomic E-state index is 0.169. The Bertz CT molecular complexity index is 939. The molecule has 0 saturated heterocycles. The Balaban J connectivity index is 1.61. The van der Waals surface area contributed by atoms with E-state index in [1.165, 1.54) is 7.11 Å². The summed E-state index contributed by atoms with van der Waals surface area (Å²) in [7, 11) is 1.52. The lowest BCUT2D eigenvalue weighted by Gasteiger charge is -2.08. The lowest BCUT2D eigenvalue weighted by molar-refractivity contribution is -0.136. The fourth-order valence-electron chi connectivity index (χ4n) is 2.31. The van der Waals surface area contributed by atoms with Gasteiger partial charge in [-0.25, -0.2) is 0 Å². The average molecular weight is 359 g/mol. The molecule has 2 amide bonds. The molecule has 0 atom stereocenters. The van der Waals surface area contributed by atoms with Crippen molar-refractivity contribution in [1.29, 1.82) is 0 Å². The van der Waals surface area contributed by atoms with Crippen LogP contribution in [0.3, 0.4) is 0 Å². The van der Waals surface area contributed by atoms with Crippen molar-refractivity contribution in [1.82, 2.24) is 15.3 Å². The first-order chi connectivity index (χ1) is 12.1. The molecule has 3 aromatic rings.